The zero-order valence-electron chi connectivity index (χ0n) is 9.30. The second-order valence-corrected chi connectivity index (χ2v) is 4.45. The van der Waals surface area contributed by atoms with Crippen molar-refractivity contribution in [3.63, 3.8) is 0 Å². The standard InChI is InChI=1S/C11H13Cl2NO2/c1-6-9(13)4-8(16-3)5-10(6)14-11(15)7(2)12/h4-5,7H,1-3H3,(H,14,15). The van der Waals surface area contributed by atoms with E-state index in [0.29, 0.717) is 16.5 Å². The largest absolute Gasteiger partial charge is 0.497 e. The van der Waals surface area contributed by atoms with Gasteiger partial charge in [0.2, 0.25) is 5.91 Å². The number of hydrogen-bond acceptors (Lipinski definition) is 2. The number of rotatable bonds is 3. The summed E-state index contributed by atoms with van der Waals surface area (Å²) in [7, 11) is 1.54. The lowest BCUT2D eigenvalue weighted by molar-refractivity contribution is -0.115. The number of carbonyl (C=O) groups is 1. The monoisotopic (exact) mass is 261 g/mol. The quantitative estimate of drug-likeness (QED) is 0.849. The van der Waals surface area contributed by atoms with E-state index < -0.39 is 5.38 Å². The molecule has 1 aromatic rings. The van der Waals surface area contributed by atoms with Crippen molar-refractivity contribution >= 4 is 34.8 Å². The molecule has 1 N–H and O–H groups in total. The van der Waals surface area contributed by atoms with Crippen LogP contribution in [0.5, 0.6) is 5.75 Å². The van der Waals surface area contributed by atoms with Crippen LogP contribution in [0.25, 0.3) is 0 Å². The van der Waals surface area contributed by atoms with Crippen LogP contribution in [0.2, 0.25) is 5.02 Å². The van der Waals surface area contributed by atoms with Crippen molar-refractivity contribution in [1.29, 1.82) is 0 Å². The molecular weight excluding hydrogens is 249 g/mol. The van der Waals surface area contributed by atoms with Crippen LogP contribution in [-0.2, 0) is 4.79 Å². The summed E-state index contributed by atoms with van der Waals surface area (Å²) in [6.45, 7) is 3.42. The molecule has 0 heterocycles. The van der Waals surface area contributed by atoms with Gasteiger partial charge in [0.25, 0.3) is 0 Å². The number of anilines is 1. The Morgan fingerprint density at radius 2 is 2.12 bits per heavy atom. The Labute approximate surface area is 105 Å². The molecule has 0 aliphatic heterocycles. The summed E-state index contributed by atoms with van der Waals surface area (Å²) in [5, 5.41) is 2.64. The lowest BCUT2D eigenvalue weighted by Crippen LogP contribution is -2.20. The molecule has 1 unspecified atom stereocenters. The smallest absolute Gasteiger partial charge is 0.242 e. The van der Waals surface area contributed by atoms with Crippen molar-refractivity contribution in [2.24, 2.45) is 0 Å². The van der Waals surface area contributed by atoms with Crippen molar-refractivity contribution in [1.82, 2.24) is 0 Å². The second-order valence-electron chi connectivity index (χ2n) is 3.39. The molecule has 0 radical (unpaired) electrons. The number of methoxy groups -OCH3 is 1. The first-order chi connectivity index (χ1) is 7.45. The van der Waals surface area contributed by atoms with Gasteiger partial charge in [-0.3, -0.25) is 4.79 Å². The number of amides is 1. The van der Waals surface area contributed by atoms with E-state index in [1.807, 2.05) is 6.92 Å². The molecule has 1 rings (SSSR count). The zero-order valence-corrected chi connectivity index (χ0v) is 10.8. The highest BCUT2D eigenvalue weighted by Crippen LogP contribution is 2.29. The molecule has 0 saturated heterocycles. The van der Waals surface area contributed by atoms with Gasteiger partial charge >= 0.3 is 0 Å². The Hall–Kier alpha value is -0.930. The maximum absolute atomic E-state index is 11.4. The Bertz CT molecular complexity index is 405. The van der Waals surface area contributed by atoms with Crippen LogP contribution in [0.1, 0.15) is 12.5 Å². The lowest BCUT2D eigenvalue weighted by Gasteiger charge is -2.12. The van der Waals surface area contributed by atoms with E-state index in [2.05, 4.69) is 5.32 Å². The van der Waals surface area contributed by atoms with E-state index in [1.165, 1.54) is 7.11 Å². The highest BCUT2D eigenvalue weighted by molar-refractivity contribution is 6.33. The molecule has 0 aliphatic rings. The zero-order chi connectivity index (χ0) is 12.3. The van der Waals surface area contributed by atoms with E-state index in [9.17, 15) is 4.79 Å². The van der Waals surface area contributed by atoms with Crippen LogP contribution in [0.4, 0.5) is 5.69 Å². The molecule has 1 atom stereocenters. The molecule has 88 valence electrons. The normalized spacial score (nSPS) is 12.1. The summed E-state index contributed by atoms with van der Waals surface area (Å²) < 4.78 is 5.06. The number of ether oxygens (including phenoxy) is 1. The van der Waals surface area contributed by atoms with Crippen LogP contribution in [-0.4, -0.2) is 18.4 Å². The molecule has 0 aromatic heterocycles. The third-order valence-electron chi connectivity index (χ3n) is 2.17. The van der Waals surface area contributed by atoms with Crippen molar-refractivity contribution in [3.05, 3.63) is 22.7 Å². The second kappa shape index (κ2) is 5.41. The number of carbonyl (C=O) groups excluding carboxylic acids is 1. The Balaban J connectivity index is 3.03. The van der Waals surface area contributed by atoms with Gasteiger partial charge < -0.3 is 10.1 Å². The molecule has 16 heavy (non-hydrogen) atoms. The van der Waals surface area contributed by atoms with E-state index >= 15 is 0 Å². The third kappa shape index (κ3) is 3.03. The predicted molar refractivity (Wildman–Crippen MR) is 66.7 cm³/mol. The van der Waals surface area contributed by atoms with Gasteiger partial charge in [-0.1, -0.05) is 11.6 Å². The fourth-order valence-corrected chi connectivity index (χ4v) is 1.40. The van der Waals surface area contributed by atoms with Gasteiger partial charge in [0.05, 0.1) is 7.11 Å². The molecule has 0 aliphatic carbocycles. The minimum Gasteiger partial charge on any atom is -0.497 e. The summed E-state index contributed by atoms with van der Waals surface area (Å²) in [5.74, 6) is 0.321. The molecule has 1 amide bonds. The molecule has 0 fully saturated rings. The number of benzene rings is 1. The van der Waals surface area contributed by atoms with Crippen molar-refractivity contribution in [2.45, 2.75) is 19.2 Å². The maximum Gasteiger partial charge on any atom is 0.242 e. The van der Waals surface area contributed by atoms with Crippen LogP contribution in [0.3, 0.4) is 0 Å². The lowest BCUT2D eigenvalue weighted by atomic mass is 10.2. The molecular formula is C11H13Cl2NO2. The van der Waals surface area contributed by atoms with Gasteiger partial charge in [0.1, 0.15) is 11.1 Å². The average molecular weight is 262 g/mol. The average Bonchev–Trinajstić information content (AvgIpc) is 2.24. The molecule has 5 heteroatoms. The summed E-state index contributed by atoms with van der Waals surface area (Å²) in [6, 6.07) is 3.40. The molecule has 3 nitrogen and oxygen atoms in total. The number of hydrogen-bond donors (Lipinski definition) is 1. The van der Waals surface area contributed by atoms with Gasteiger partial charge in [0.15, 0.2) is 0 Å². The van der Waals surface area contributed by atoms with Crippen LogP contribution < -0.4 is 10.1 Å². The summed E-state index contributed by atoms with van der Waals surface area (Å²) in [5.41, 5.74) is 1.40. The van der Waals surface area contributed by atoms with E-state index in [1.54, 1.807) is 19.1 Å². The van der Waals surface area contributed by atoms with Gasteiger partial charge in [-0.25, -0.2) is 0 Å². The van der Waals surface area contributed by atoms with Gasteiger partial charge in [-0.15, -0.1) is 11.6 Å². The summed E-state index contributed by atoms with van der Waals surface area (Å²) in [6.07, 6.45) is 0. The molecule has 0 saturated carbocycles. The Morgan fingerprint density at radius 1 is 1.50 bits per heavy atom. The van der Waals surface area contributed by atoms with Gasteiger partial charge in [-0.2, -0.15) is 0 Å². The molecule has 0 bridgehead atoms. The van der Waals surface area contributed by atoms with Crippen molar-refractivity contribution < 1.29 is 9.53 Å². The third-order valence-corrected chi connectivity index (χ3v) is 2.76. The number of halogens is 2. The first-order valence-electron chi connectivity index (χ1n) is 4.74. The Morgan fingerprint density at radius 3 is 2.62 bits per heavy atom. The van der Waals surface area contributed by atoms with E-state index in [4.69, 9.17) is 27.9 Å². The van der Waals surface area contributed by atoms with Crippen molar-refractivity contribution in [3.8, 4) is 5.75 Å². The predicted octanol–water partition coefficient (Wildman–Crippen LogP) is 3.22. The Kier molecular flexibility index (Phi) is 4.44. The van der Waals surface area contributed by atoms with E-state index in [0.717, 1.165) is 5.56 Å². The summed E-state index contributed by atoms with van der Waals surface area (Å²) >= 11 is 11.7. The minimum absolute atomic E-state index is 0.269. The van der Waals surface area contributed by atoms with Gasteiger partial charge in [0, 0.05) is 16.8 Å². The topological polar surface area (TPSA) is 38.3 Å². The first kappa shape index (κ1) is 13.1. The number of nitrogens with one attached hydrogen (secondary N) is 1. The van der Waals surface area contributed by atoms with Crippen molar-refractivity contribution in [2.75, 3.05) is 12.4 Å². The molecule has 1 aromatic carbocycles. The van der Waals surface area contributed by atoms with Gasteiger partial charge in [-0.05, 0) is 25.5 Å². The summed E-state index contributed by atoms with van der Waals surface area (Å²) in [4.78, 5) is 11.4. The first-order valence-corrected chi connectivity index (χ1v) is 5.56. The minimum atomic E-state index is -0.593. The SMILES string of the molecule is COc1cc(Cl)c(C)c(NC(=O)C(C)Cl)c1. The van der Waals surface area contributed by atoms with E-state index in [-0.39, 0.29) is 5.91 Å². The fourth-order valence-electron chi connectivity index (χ4n) is 1.13. The van der Waals surface area contributed by atoms with Crippen LogP contribution >= 0.6 is 23.2 Å². The highest BCUT2D eigenvalue weighted by atomic mass is 35.5. The number of alkyl halides is 1. The maximum atomic E-state index is 11.4. The van der Waals surface area contributed by atoms with Crippen LogP contribution in [0.15, 0.2) is 12.1 Å². The fraction of sp³-hybridized carbons (Fsp3) is 0.364. The molecule has 0 spiro atoms. The highest BCUT2D eigenvalue weighted by Gasteiger charge is 2.13. The van der Waals surface area contributed by atoms with Crippen LogP contribution in [0, 0.1) is 6.92 Å².